The zero-order valence-corrected chi connectivity index (χ0v) is 30.2. The monoisotopic (exact) mass is 716 g/mol. The van der Waals surface area contributed by atoms with E-state index in [4.69, 9.17) is 19.4 Å². The van der Waals surface area contributed by atoms with E-state index < -0.39 is 0 Å². The van der Waals surface area contributed by atoms with Crippen LogP contribution in [0.5, 0.6) is 0 Å². The van der Waals surface area contributed by atoms with Crippen LogP contribution in [0.4, 0.5) is 0 Å². The summed E-state index contributed by atoms with van der Waals surface area (Å²) in [5, 5.41) is 4.42. The summed E-state index contributed by atoms with van der Waals surface area (Å²) in [4.78, 5) is 15.6. The molecule has 0 bridgehead atoms. The third kappa shape index (κ3) is 5.29. The highest BCUT2D eigenvalue weighted by Crippen LogP contribution is 2.43. The van der Waals surface area contributed by atoms with Gasteiger partial charge in [0.1, 0.15) is 5.58 Å². The summed E-state index contributed by atoms with van der Waals surface area (Å²) in [5.74, 6) is 1.80. The summed E-state index contributed by atoms with van der Waals surface area (Å²) in [6, 6.07) is 67.4. The first-order chi connectivity index (χ1) is 27.8. The van der Waals surface area contributed by atoms with Gasteiger partial charge < -0.3 is 8.98 Å². The molecule has 0 spiro atoms. The molecule has 3 aromatic heterocycles. The number of aromatic nitrogens is 4. The molecule has 0 N–H and O–H groups in total. The number of para-hydroxylation sites is 2. The lowest BCUT2D eigenvalue weighted by Crippen LogP contribution is -2.04. The van der Waals surface area contributed by atoms with E-state index >= 15 is 0 Å². The normalized spacial score (nSPS) is 11.6. The van der Waals surface area contributed by atoms with Crippen molar-refractivity contribution in [3.8, 4) is 62.1 Å². The number of hydrogen-bond acceptors (Lipinski definition) is 4. The summed E-state index contributed by atoms with van der Waals surface area (Å²) in [6.45, 7) is 0. The average Bonchev–Trinajstić information content (AvgIpc) is 3.83. The Labute approximate surface area is 322 Å². The van der Waals surface area contributed by atoms with E-state index in [2.05, 4.69) is 120 Å². The Morgan fingerprint density at radius 3 is 1.61 bits per heavy atom. The largest absolute Gasteiger partial charge is 0.454 e. The first-order valence-corrected chi connectivity index (χ1v) is 18.8. The molecule has 262 valence electrons. The summed E-state index contributed by atoms with van der Waals surface area (Å²) in [7, 11) is 0. The molecular weight excluding hydrogens is 685 g/mol. The minimum Gasteiger partial charge on any atom is -0.454 e. The quantitative estimate of drug-likeness (QED) is 0.172. The Hall–Kier alpha value is -7.63. The molecular formula is C51H32N4O. The van der Waals surface area contributed by atoms with Crippen molar-refractivity contribution in [2.24, 2.45) is 0 Å². The third-order valence-corrected chi connectivity index (χ3v) is 10.7. The highest BCUT2D eigenvalue weighted by atomic mass is 16.3. The van der Waals surface area contributed by atoms with E-state index in [1.165, 1.54) is 5.56 Å². The average molecular weight is 717 g/mol. The fourth-order valence-electron chi connectivity index (χ4n) is 8.01. The van der Waals surface area contributed by atoms with E-state index in [0.717, 1.165) is 82.8 Å². The van der Waals surface area contributed by atoms with Crippen molar-refractivity contribution in [1.82, 2.24) is 19.5 Å². The maximum absolute atomic E-state index is 6.74. The molecule has 5 heteroatoms. The van der Waals surface area contributed by atoms with Gasteiger partial charge in [-0.2, -0.15) is 0 Å². The summed E-state index contributed by atoms with van der Waals surface area (Å²) in [6.07, 6.45) is 0. The Morgan fingerprint density at radius 1 is 0.357 bits per heavy atom. The lowest BCUT2D eigenvalue weighted by Gasteiger charge is -2.16. The van der Waals surface area contributed by atoms with Crippen LogP contribution in [0.1, 0.15) is 0 Å². The Balaban J connectivity index is 1.24. The van der Waals surface area contributed by atoms with Crippen molar-refractivity contribution in [3.63, 3.8) is 0 Å². The van der Waals surface area contributed by atoms with Gasteiger partial charge in [-0.3, -0.25) is 0 Å². The molecule has 0 saturated heterocycles. The maximum Gasteiger partial charge on any atom is 0.166 e. The zero-order valence-electron chi connectivity index (χ0n) is 30.2. The zero-order chi connectivity index (χ0) is 37.0. The van der Waals surface area contributed by atoms with Crippen molar-refractivity contribution < 1.29 is 4.42 Å². The summed E-state index contributed by atoms with van der Waals surface area (Å²) < 4.78 is 9.08. The molecule has 0 saturated carbocycles. The molecule has 5 nitrogen and oxygen atoms in total. The van der Waals surface area contributed by atoms with Crippen LogP contribution in [0.15, 0.2) is 199 Å². The Bertz CT molecular complexity index is 3180. The van der Waals surface area contributed by atoms with Gasteiger partial charge in [-0.1, -0.05) is 158 Å². The van der Waals surface area contributed by atoms with Gasteiger partial charge in [0.2, 0.25) is 0 Å². The highest BCUT2D eigenvalue weighted by molar-refractivity contribution is 6.21. The maximum atomic E-state index is 6.74. The minimum atomic E-state index is 0.580. The fraction of sp³-hybridized carbons (Fsp3) is 0. The smallest absolute Gasteiger partial charge is 0.166 e. The molecule has 0 aliphatic rings. The van der Waals surface area contributed by atoms with Gasteiger partial charge in [0.05, 0.1) is 16.7 Å². The summed E-state index contributed by atoms with van der Waals surface area (Å²) in [5.41, 5.74) is 11.9. The molecule has 8 aromatic carbocycles. The number of hydrogen-bond donors (Lipinski definition) is 0. The minimum absolute atomic E-state index is 0.580. The van der Waals surface area contributed by atoms with Gasteiger partial charge in [0.15, 0.2) is 23.1 Å². The molecule has 0 atom stereocenters. The van der Waals surface area contributed by atoms with E-state index in [0.29, 0.717) is 17.5 Å². The second-order valence-corrected chi connectivity index (χ2v) is 14.0. The van der Waals surface area contributed by atoms with Gasteiger partial charge in [-0.25, -0.2) is 15.0 Å². The Morgan fingerprint density at radius 2 is 0.893 bits per heavy atom. The molecule has 0 amide bonds. The molecule has 0 aliphatic carbocycles. The van der Waals surface area contributed by atoms with E-state index in [-0.39, 0.29) is 0 Å². The van der Waals surface area contributed by atoms with E-state index in [9.17, 15) is 0 Å². The molecule has 0 unspecified atom stereocenters. The predicted molar refractivity (Wildman–Crippen MR) is 229 cm³/mol. The van der Waals surface area contributed by atoms with Crippen LogP contribution >= 0.6 is 0 Å². The number of nitrogens with zero attached hydrogens (tertiary/aromatic N) is 4. The number of benzene rings is 8. The topological polar surface area (TPSA) is 56.7 Å². The lowest BCUT2D eigenvalue weighted by molar-refractivity contribution is 0.671. The van der Waals surface area contributed by atoms with E-state index in [1.807, 2.05) is 78.9 Å². The second-order valence-electron chi connectivity index (χ2n) is 14.0. The van der Waals surface area contributed by atoms with Gasteiger partial charge in [-0.05, 0) is 58.7 Å². The predicted octanol–water partition coefficient (Wildman–Crippen LogP) is 13.2. The molecule has 0 fully saturated rings. The number of furan rings is 1. The van der Waals surface area contributed by atoms with Gasteiger partial charge in [-0.15, -0.1) is 0 Å². The highest BCUT2D eigenvalue weighted by Gasteiger charge is 2.23. The summed E-state index contributed by atoms with van der Waals surface area (Å²) >= 11 is 0. The van der Waals surface area contributed by atoms with Crippen LogP contribution in [-0.4, -0.2) is 19.5 Å². The van der Waals surface area contributed by atoms with Crippen molar-refractivity contribution in [2.45, 2.75) is 0 Å². The van der Waals surface area contributed by atoms with Gasteiger partial charge >= 0.3 is 0 Å². The molecule has 0 aliphatic heterocycles. The first kappa shape index (κ1) is 31.9. The first-order valence-electron chi connectivity index (χ1n) is 18.8. The van der Waals surface area contributed by atoms with Crippen molar-refractivity contribution in [2.75, 3.05) is 0 Å². The van der Waals surface area contributed by atoms with Crippen molar-refractivity contribution in [1.29, 1.82) is 0 Å². The molecule has 0 radical (unpaired) electrons. The lowest BCUT2D eigenvalue weighted by atomic mass is 9.97. The van der Waals surface area contributed by atoms with Gasteiger partial charge in [0, 0.05) is 38.2 Å². The van der Waals surface area contributed by atoms with Crippen molar-refractivity contribution in [3.05, 3.63) is 194 Å². The molecule has 11 rings (SSSR count). The van der Waals surface area contributed by atoms with Crippen LogP contribution < -0.4 is 0 Å². The number of fused-ring (bicyclic) bond motifs is 7. The SMILES string of the molecule is c1ccc(-c2cccc(-c3ccc(-n4c5ccccc5c5ccc6c7ccccc7oc6c54)c(-c4nc(-c5ccccc5)nc(-c5ccccc5)n4)c3)c2)cc1. The van der Waals surface area contributed by atoms with Gasteiger partial charge in [0.25, 0.3) is 0 Å². The fourth-order valence-corrected chi connectivity index (χ4v) is 8.01. The van der Waals surface area contributed by atoms with Crippen LogP contribution in [0.3, 0.4) is 0 Å². The third-order valence-electron chi connectivity index (χ3n) is 10.7. The second kappa shape index (κ2) is 13.0. The standard InChI is InChI=1S/C51H32N4O/c1-4-15-33(16-5-1)36-21-14-22-37(31-36)38-27-30-45(43(32-38)51-53-49(34-17-6-2-7-18-34)52-50(54-51)35-19-8-3-9-20-35)55-44-25-12-10-23-39(44)41-28-29-42-40-24-11-13-26-46(40)56-48(42)47(41)55/h1-32H. The van der Waals surface area contributed by atoms with Crippen LogP contribution in [-0.2, 0) is 0 Å². The Kier molecular flexibility index (Phi) is 7.42. The van der Waals surface area contributed by atoms with Crippen LogP contribution in [0.2, 0.25) is 0 Å². The van der Waals surface area contributed by atoms with Crippen LogP contribution in [0.25, 0.3) is 106 Å². The molecule has 11 aromatic rings. The van der Waals surface area contributed by atoms with Crippen LogP contribution in [0, 0.1) is 0 Å². The van der Waals surface area contributed by atoms with E-state index in [1.54, 1.807) is 0 Å². The van der Waals surface area contributed by atoms with Crippen molar-refractivity contribution >= 4 is 43.7 Å². The molecule has 3 heterocycles. The molecule has 56 heavy (non-hydrogen) atoms. The number of rotatable bonds is 6.